The largest absolute Gasteiger partial charge is 0.497 e. The zero-order valence-electron chi connectivity index (χ0n) is 7.99. The Balaban J connectivity index is 2.51. The Kier molecular flexibility index (Phi) is 2.60. The summed E-state index contributed by atoms with van der Waals surface area (Å²) >= 11 is 5.40. The number of carbonyl (C=O) groups excluding carboxylic acids is 1. The van der Waals surface area contributed by atoms with Crippen molar-refractivity contribution in [3.8, 4) is 5.75 Å². The molecule has 0 radical (unpaired) electrons. The Hall–Kier alpha value is -1.55. The lowest BCUT2D eigenvalue weighted by atomic mass is 10.3. The molecular formula is C10H8ClNO3. The van der Waals surface area contributed by atoms with Crippen LogP contribution >= 0.6 is 11.6 Å². The van der Waals surface area contributed by atoms with Gasteiger partial charge >= 0.3 is 0 Å². The third-order valence-electron chi connectivity index (χ3n) is 1.96. The van der Waals surface area contributed by atoms with Gasteiger partial charge in [-0.3, -0.25) is 4.79 Å². The summed E-state index contributed by atoms with van der Waals surface area (Å²) < 4.78 is 10.3. The van der Waals surface area contributed by atoms with Crippen LogP contribution < -0.4 is 4.74 Å². The summed E-state index contributed by atoms with van der Waals surface area (Å²) in [6.45, 7) is 0. The van der Waals surface area contributed by atoms with E-state index in [4.69, 9.17) is 20.8 Å². The van der Waals surface area contributed by atoms with Crippen molar-refractivity contribution in [1.29, 1.82) is 0 Å². The number of fused-ring (bicyclic) bond motifs is 1. The molecule has 78 valence electrons. The molecule has 0 amide bonds. The summed E-state index contributed by atoms with van der Waals surface area (Å²) in [5.41, 5.74) is 1.13. The van der Waals surface area contributed by atoms with Crippen molar-refractivity contribution in [3.05, 3.63) is 24.1 Å². The molecule has 0 saturated carbocycles. The Bertz CT molecular complexity index is 506. The third-order valence-corrected chi connectivity index (χ3v) is 2.20. The SMILES string of the molecule is COc1ccc2nc(C(=O)CCl)oc2c1. The van der Waals surface area contributed by atoms with E-state index < -0.39 is 0 Å². The molecule has 1 heterocycles. The van der Waals surface area contributed by atoms with Crippen LogP contribution in [0.25, 0.3) is 11.1 Å². The molecule has 0 aliphatic carbocycles. The van der Waals surface area contributed by atoms with E-state index in [-0.39, 0.29) is 17.6 Å². The van der Waals surface area contributed by atoms with Gasteiger partial charge in [0.15, 0.2) is 5.58 Å². The van der Waals surface area contributed by atoms with Crippen LogP contribution in [-0.2, 0) is 0 Å². The second kappa shape index (κ2) is 3.90. The van der Waals surface area contributed by atoms with E-state index >= 15 is 0 Å². The number of aromatic nitrogens is 1. The van der Waals surface area contributed by atoms with Gasteiger partial charge in [-0.25, -0.2) is 4.98 Å². The van der Waals surface area contributed by atoms with E-state index in [9.17, 15) is 4.79 Å². The van der Waals surface area contributed by atoms with Gasteiger partial charge in [0.05, 0.1) is 13.0 Å². The first-order chi connectivity index (χ1) is 7.24. The van der Waals surface area contributed by atoms with Crippen molar-refractivity contribution in [2.45, 2.75) is 0 Å². The van der Waals surface area contributed by atoms with Gasteiger partial charge < -0.3 is 9.15 Å². The van der Waals surface area contributed by atoms with E-state index in [0.29, 0.717) is 16.8 Å². The number of rotatable bonds is 3. The fourth-order valence-corrected chi connectivity index (χ4v) is 1.32. The summed E-state index contributed by atoms with van der Waals surface area (Å²) in [6.07, 6.45) is 0. The quantitative estimate of drug-likeness (QED) is 0.594. The second-order valence-corrected chi connectivity index (χ2v) is 3.18. The Morgan fingerprint density at radius 1 is 1.60 bits per heavy atom. The highest BCUT2D eigenvalue weighted by molar-refractivity contribution is 6.29. The maximum atomic E-state index is 11.2. The number of oxazole rings is 1. The average Bonchev–Trinajstić information content (AvgIpc) is 2.70. The first kappa shape index (κ1) is 9.98. The minimum atomic E-state index is -0.327. The van der Waals surface area contributed by atoms with Gasteiger partial charge in [-0.1, -0.05) is 0 Å². The monoisotopic (exact) mass is 225 g/mol. The highest BCUT2D eigenvalue weighted by Crippen LogP contribution is 2.21. The number of benzene rings is 1. The Morgan fingerprint density at radius 2 is 2.40 bits per heavy atom. The first-order valence-corrected chi connectivity index (χ1v) is 4.82. The van der Waals surface area contributed by atoms with Crippen LogP contribution in [0.1, 0.15) is 10.7 Å². The Labute approximate surface area is 90.8 Å². The second-order valence-electron chi connectivity index (χ2n) is 2.91. The molecule has 0 aliphatic heterocycles. The lowest BCUT2D eigenvalue weighted by Crippen LogP contribution is -1.99. The maximum Gasteiger partial charge on any atom is 0.265 e. The number of hydrogen-bond acceptors (Lipinski definition) is 4. The van der Waals surface area contributed by atoms with Gasteiger partial charge in [0.2, 0.25) is 5.78 Å². The summed E-state index contributed by atoms with van der Waals surface area (Å²) in [6, 6.07) is 5.15. The molecular weight excluding hydrogens is 218 g/mol. The minimum Gasteiger partial charge on any atom is -0.497 e. The smallest absolute Gasteiger partial charge is 0.265 e. The van der Waals surface area contributed by atoms with Gasteiger partial charge in [0, 0.05) is 6.07 Å². The van der Waals surface area contributed by atoms with Gasteiger partial charge in [0.1, 0.15) is 11.3 Å². The molecule has 0 unspecified atom stereocenters. The van der Waals surface area contributed by atoms with Crippen LogP contribution in [0.2, 0.25) is 0 Å². The fraction of sp³-hybridized carbons (Fsp3) is 0.200. The van der Waals surface area contributed by atoms with Crippen molar-refractivity contribution in [2.75, 3.05) is 13.0 Å². The first-order valence-electron chi connectivity index (χ1n) is 4.28. The van der Waals surface area contributed by atoms with E-state index in [1.807, 2.05) is 0 Å². The average molecular weight is 226 g/mol. The predicted octanol–water partition coefficient (Wildman–Crippen LogP) is 2.26. The molecule has 0 aliphatic rings. The number of carbonyl (C=O) groups is 1. The molecule has 0 saturated heterocycles. The number of alkyl halides is 1. The molecule has 15 heavy (non-hydrogen) atoms. The van der Waals surface area contributed by atoms with E-state index in [0.717, 1.165) is 0 Å². The van der Waals surface area contributed by atoms with Crippen molar-refractivity contribution in [2.24, 2.45) is 0 Å². The lowest BCUT2D eigenvalue weighted by molar-refractivity contribution is 0.0986. The molecule has 4 nitrogen and oxygen atoms in total. The van der Waals surface area contributed by atoms with Gasteiger partial charge in [-0.2, -0.15) is 0 Å². The molecule has 1 aromatic heterocycles. The van der Waals surface area contributed by atoms with Crippen LogP contribution in [-0.4, -0.2) is 23.8 Å². The van der Waals surface area contributed by atoms with Crippen LogP contribution in [0, 0.1) is 0 Å². The number of halogens is 1. The highest BCUT2D eigenvalue weighted by Gasteiger charge is 2.13. The number of ether oxygens (including phenoxy) is 1. The van der Waals surface area contributed by atoms with Crippen molar-refractivity contribution in [3.63, 3.8) is 0 Å². The molecule has 5 heteroatoms. The summed E-state index contributed by atoms with van der Waals surface area (Å²) in [5.74, 6) is 0.229. The van der Waals surface area contributed by atoms with Crippen LogP contribution in [0.15, 0.2) is 22.6 Å². The van der Waals surface area contributed by atoms with Crippen molar-refractivity contribution >= 4 is 28.5 Å². The van der Waals surface area contributed by atoms with Gasteiger partial charge in [-0.15, -0.1) is 11.6 Å². The van der Waals surface area contributed by atoms with Gasteiger partial charge in [0.25, 0.3) is 5.89 Å². The molecule has 1 aromatic carbocycles. The van der Waals surface area contributed by atoms with E-state index in [1.54, 1.807) is 25.3 Å². The molecule has 0 spiro atoms. The van der Waals surface area contributed by atoms with Crippen molar-refractivity contribution in [1.82, 2.24) is 4.98 Å². The Morgan fingerprint density at radius 3 is 3.07 bits per heavy atom. The molecule has 2 rings (SSSR count). The molecule has 0 bridgehead atoms. The standard InChI is InChI=1S/C10H8ClNO3/c1-14-6-2-3-7-9(4-6)15-10(12-7)8(13)5-11/h2-4H,5H2,1H3. The number of Topliss-reactive ketones (excluding diaryl/α,β-unsaturated/α-hetero) is 1. The minimum absolute atomic E-state index is 0.0354. The highest BCUT2D eigenvalue weighted by atomic mass is 35.5. The maximum absolute atomic E-state index is 11.2. The summed E-state index contributed by atoms with van der Waals surface area (Å²) in [4.78, 5) is 15.2. The summed E-state index contributed by atoms with van der Waals surface area (Å²) in [5, 5.41) is 0. The number of ketones is 1. The zero-order chi connectivity index (χ0) is 10.8. The van der Waals surface area contributed by atoms with Crippen LogP contribution in [0.4, 0.5) is 0 Å². The van der Waals surface area contributed by atoms with Gasteiger partial charge in [-0.05, 0) is 12.1 Å². The normalized spacial score (nSPS) is 10.5. The number of hydrogen-bond donors (Lipinski definition) is 0. The molecule has 0 fully saturated rings. The number of nitrogens with zero attached hydrogens (tertiary/aromatic N) is 1. The van der Waals surface area contributed by atoms with Crippen LogP contribution in [0.5, 0.6) is 5.75 Å². The third kappa shape index (κ3) is 1.80. The molecule has 0 atom stereocenters. The lowest BCUT2D eigenvalue weighted by Gasteiger charge is -1.95. The fourth-order valence-electron chi connectivity index (χ4n) is 1.21. The molecule has 2 aromatic rings. The van der Waals surface area contributed by atoms with Crippen molar-refractivity contribution < 1.29 is 13.9 Å². The number of methoxy groups -OCH3 is 1. The van der Waals surface area contributed by atoms with Crippen LogP contribution in [0.3, 0.4) is 0 Å². The topological polar surface area (TPSA) is 52.3 Å². The summed E-state index contributed by atoms with van der Waals surface area (Å²) in [7, 11) is 1.56. The van der Waals surface area contributed by atoms with E-state index in [2.05, 4.69) is 4.98 Å². The molecule has 0 N–H and O–H groups in total. The predicted molar refractivity (Wildman–Crippen MR) is 55.6 cm³/mol. The zero-order valence-corrected chi connectivity index (χ0v) is 8.75. The van der Waals surface area contributed by atoms with E-state index in [1.165, 1.54) is 0 Å².